The topological polar surface area (TPSA) is 26.0 Å². The third kappa shape index (κ3) is 4.62. The maximum Gasteiger partial charge on any atom is -0.00487 e. The van der Waals surface area contributed by atoms with Crippen molar-refractivity contribution in [1.82, 2.24) is 0 Å². The molecule has 0 radical (unpaired) electrons. The largest absolute Gasteiger partial charge is 0.330 e. The van der Waals surface area contributed by atoms with E-state index >= 15 is 0 Å². The van der Waals surface area contributed by atoms with Gasteiger partial charge in [0.2, 0.25) is 0 Å². The first-order valence-electron chi connectivity index (χ1n) is 8.08. The fourth-order valence-corrected chi connectivity index (χ4v) is 4.08. The van der Waals surface area contributed by atoms with Gasteiger partial charge in [0, 0.05) is 0 Å². The molecule has 0 aromatic rings. The number of nitrogens with two attached hydrogens (primary N) is 1. The van der Waals surface area contributed by atoms with Gasteiger partial charge < -0.3 is 5.73 Å². The highest BCUT2D eigenvalue weighted by molar-refractivity contribution is 4.75. The van der Waals surface area contributed by atoms with Gasteiger partial charge in [-0.3, -0.25) is 0 Å². The SMILES string of the molecule is NCC(CC1CCCCC1)CC1CCCCC1. The van der Waals surface area contributed by atoms with Gasteiger partial charge in [0.15, 0.2) is 0 Å². The molecule has 2 fully saturated rings. The molecule has 0 aliphatic heterocycles. The zero-order chi connectivity index (χ0) is 11.9. The summed E-state index contributed by atoms with van der Waals surface area (Å²) in [4.78, 5) is 0. The van der Waals surface area contributed by atoms with Gasteiger partial charge in [-0.15, -0.1) is 0 Å². The Morgan fingerprint density at radius 2 is 1.12 bits per heavy atom. The van der Waals surface area contributed by atoms with Gasteiger partial charge in [0.05, 0.1) is 0 Å². The lowest BCUT2D eigenvalue weighted by atomic mass is 9.77. The number of rotatable bonds is 5. The molecule has 0 spiro atoms. The van der Waals surface area contributed by atoms with Crippen molar-refractivity contribution < 1.29 is 0 Å². The third-order valence-corrected chi connectivity index (χ3v) is 5.12. The highest BCUT2D eigenvalue weighted by Crippen LogP contribution is 2.34. The molecular weight excluding hydrogens is 206 g/mol. The van der Waals surface area contributed by atoms with Gasteiger partial charge in [-0.1, -0.05) is 64.2 Å². The Labute approximate surface area is 108 Å². The second kappa shape index (κ2) is 7.41. The van der Waals surface area contributed by atoms with Crippen molar-refractivity contribution in [2.75, 3.05) is 6.54 Å². The van der Waals surface area contributed by atoms with E-state index in [1.165, 1.54) is 77.0 Å². The molecule has 2 aliphatic carbocycles. The average Bonchev–Trinajstić information content (AvgIpc) is 2.40. The number of hydrogen-bond donors (Lipinski definition) is 1. The summed E-state index contributed by atoms with van der Waals surface area (Å²) in [5.41, 5.74) is 6.01. The highest BCUT2D eigenvalue weighted by Gasteiger charge is 2.22. The van der Waals surface area contributed by atoms with E-state index in [0.29, 0.717) is 0 Å². The van der Waals surface area contributed by atoms with Gasteiger partial charge in [-0.2, -0.15) is 0 Å². The summed E-state index contributed by atoms with van der Waals surface area (Å²) >= 11 is 0. The number of hydrogen-bond acceptors (Lipinski definition) is 1. The van der Waals surface area contributed by atoms with Crippen LogP contribution in [0.3, 0.4) is 0 Å². The molecule has 0 aromatic heterocycles. The first-order valence-corrected chi connectivity index (χ1v) is 8.08. The van der Waals surface area contributed by atoms with Crippen LogP contribution in [0, 0.1) is 17.8 Å². The van der Waals surface area contributed by atoms with Crippen molar-refractivity contribution in [3.05, 3.63) is 0 Å². The highest BCUT2D eigenvalue weighted by atomic mass is 14.6. The Morgan fingerprint density at radius 3 is 1.47 bits per heavy atom. The first-order chi connectivity index (χ1) is 8.38. The maximum absolute atomic E-state index is 6.01. The fourth-order valence-electron chi connectivity index (χ4n) is 4.08. The van der Waals surface area contributed by atoms with Crippen LogP contribution in [0.1, 0.15) is 77.0 Å². The molecule has 0 atom stereocenters. The third-order valence-electron chi connectivity index (χ3n) is 5.12. The normalized spacial score (nSPS) is 24.4. The first kappa shape index (κ1) is 13.4. The van der Waals surface area contributed by atoms with E-state index in [9.17, 15) is 0 Å². The Bertz CT molecular complexity index is 170. The molecule has 2 N–H and O–H groups in total. The van der Waals surface area contributed by atoms with E-state index in [-0.39, 0.29) is 0 Å². The molecule has 0 aromatic carbocycles. The smallest absolute Gasteiger partial charge is 0.00487 e. The zero-order valence-corrected chi connectivity index (χ0v) is 11.5. The van der Waals surface area contributed by atoms with E-state index in [1.54, 1.807) is 0 Å². The Morgan fingerprint density at radius 1 is 0.706 bits per heavy atom. The minimum atomic E-state index is 0.834. The zero-order valence-electron chi connectivity index (χ0n) is 11.5. The quantitative estimate of drug-likeness (QED) is 0.748. The van der Waals surface area contributed by atoms with Crippen molar-refractivity contribution in [3.63, 3.8) is 0 Å². The minimum absolute atomic E-state index is 0.834. The molecule has 100 valence electrons. The molecule has 2 aliphatic rings. The van der Waals surface area contributed by atoms with Crippen LogP contribution in [0.25, 0.3) is 0 Å². The van der Waals surface area contributed by atoms with Gasteiger partial charge in [0.1, 0.15) is 0 Å². The van der Waals surface area contributed by atoms with Crippen LogP contribution >= 0.6 is 0 Å². The monoisotopic (exact) mass is 237 g/mol. The molecular formula is C16H31N. The average molecular weight is 237 g/mol. The predicted octanol–water partition coefficient (Wildman–Crippen LogP) is 4.50. The standard InChI is InChI=1S/C16H31N/c17-13-16(11-14-7-3-1-4-8-14)12-15-9-5-2-6-10-15/h14-16H,1-13,17H2. The lowest BCUT2D eigenvalue weighted by Gasteiger charge is -2.30. The fraction of sp³-hybridized carbons (Fsp3) is 1.00. The van der Waals surface area contributed by atoms with E-state index in [4.69, 9.17) is 5.73 Å². The van der Waals surface area contributed by atoms with Crippen molar-refractivity contribution in [1.29, 1.82) is 0 Å². The van der Waals surface area contributed by atoms with Gasteiger partial charge in [-0.05, 0) is 37.1 Å². The lowest BCUT2D eigenvalue weighted by molar-refractivity contribution is 0.234. The van der Waals surface area contributed by atoms with Gasteiger partial charge in [-0.25, -0.2) is 0 Å². The Balaban J connectivity index is 1.71. The second-order valence-electron chi connectivity index (χ2n) is 6.58. The van der Waals surface area contributed by atoms with Crippen molar-refractivity contribution >= 4 is 0 Å². The minimum Gasteiger partial charge on any atom is -0.330 e. The van der Waals surface area contributed by atoms with E-state index in [2.05, 4.69) is 0 Å². The Kier molecular flexibility index (Phi) is 5.84. The molecule has 17 heavy (non-hydrogen) atoms. The predicted molar refractivity (Wildman–Crippen MR) is 74.9 cm³/mol. The van der Waals surface area contributed by atoms with E-state index < -0.39 is 0 Å². The summed E-state index contributed by atoms with van der Waals surface area (Å²) in [6.45, 7) is 0.938. The summed E-state index contributed by atoms with van der Waals surface area (Å²) in [6, 6.07) is 0. The molecule has 0 bridgehead atoms. The molecule has 1 nitrogen and oxygen atoms in total. The summed E-state index contributed by atoms with van der Waals surface area (Å²) in [5.74, 6) is 2.86. The van der Waals surface area contributed by atoms with Crippen LogP contribution in [-0.4, -0.2) is 6.54 Å². The van der Waals surface area contributed by atoms with Crippen molar-refractivity contribution in [2.24, 2.45) is 23.5 Å². The van der Waals surface area contributed by atoms with Crippen molar-refractivity contribution in [2.45, 2.75) is 77.0 Å². The summed E-state index contributed by atoms with van der Waals surface area (Å²) < 4.78 is 0. The van der Waals surface area contributed by atoms with Gasteiger partial charge in [0.25, 0.3) is 0 Å². The van der Waals surface area contributed by atoms with Crippen LogP contribution in [0.5, 0.6) is 0 Å². The van der Waals surface area contributed by atoms with E-state index in [0.717, 1.165) is 24.3 Å². The van der Waals surface area contributed by atoms with Gasteiger partial charge >= 0.3 is 0 Å². The summed E-state index contributed by atoms with van der Waals surface area (Å²) in [7, 11) is 0. The molecule has 0 amide bonds. The van der Waals surface area contributed by atoms with Crippen LogP contribution in [0.2, 0.25) is 0 Å². The van der Waals surface area contributed by atoms with Crippen LogP contribution in [-0.2, 0) is 0 Å². The van der Waals surface area contributed by atoms with E-state index in [1.807, 2.05) is 0 Å². The van der Waals surface area contributed by atoms with Crippen LogP contribution in [0.4, 0.5) is 0 Å². The molecule has 0 saturated heterocycles. The molecule has 2 saturated carbocycles. The Hall–Kier alpha value is -0.0400. The van der Waals surface area contributed by atoms with Crippen molar-refractivity contribution in [3.8, 4) is 0 Å². The van der Waals surface area contributed by atoms with Crippen LogP contribution in [0.15, 0.2) is 0 Å². The van der Waals surface area contributed by atoms with Crippen LogP contribution < -0.4 is 5.73 Å². The molecule has 2 rings (SSSR count). The molecule has 0 unspecified atom stereocenters. The summed E-state index contributed by atoms with van der Waals surface area (Å²) in [6.07, 6.45) is 17.7. The maximum atomic E-state index is 6.01. The second-order valence-corrected chi connectivity index (χ2v) is 6.58. The lowest BCUT2D eigenvalue weighted by Crippen LogP contribution is -2.23. The molecule has 0 heterocycles. The summed E-state index contributed by atoms with van der Waals surface area (Å²) in [5, 5.41) is 0. The molecule has 1 heteroatoms.